The second-order valence-corrected chi connectivity index (χ2v) is 15.3. The smallest absolute Gasteiger partial charge is 0.250 e. The SMILES string of the molecule is CC(C)(C)[Si](C)(C)O[C@@H]1CCC[C@H](NCCc2ccc(Oc3ccc(C(N)=O)cn3)cc2)C1. The number of carbonyl (C=O) groups excluding carboxylic acids is 1. The van der Waals surface area contributed by atoms with Crippen molar-refractivity contribution in [2.24, 2.45) is 5.73 Å². The third-order valence-electron chi connectivity index (χ3n) is 6.91. The molecule has 0 spiro atoms. The summed E-state index contributed by atoms with van der Waals surface area (Å²) in [5.74, 6) is 0.643. The topological polar surface area (TPSA) is 86.5 Å². The summed E-state index contributed by atoms with van der Waals surface area (Å²) in [5.41, 5.74) is 6.86. The van der Waals surface area contributed by atoms with Crippen molar-refractivity contribution in [3.8, 4) is 11.6 Å². The summed E-state index contributed by atoms with van der Waals surface area (Å²) in [5, 5.41) is 4.01. The van der Waals surface area contributed by atoms with Gasteiger partial charge in [0.05, 0.1) is 5.56 Å². The van der Waals surface area contributed by atoms with Crippen LogP contribution in [0.15, 0.2) is 42.6 Å². The fourth-order valence-corrected chi connectivity index (χ4v) is 5.28. The fourth-order valence-electron chi connectivity index (χ4n) is 3.88. The second-order valence-electron chi connectivity index (χ2n) is 10.6. The number of benzene rings is 1. The lowest BCUT2D eigenvalue weighted by Crippen LogP contribution is -2.47. The van der Waals surface area contributed by atoms with Gasteiger partial charge in [0.2, 0.25) is 11.8 Å². The molecule has 3 N–H and O–H groups in total. The van der Waals surface area contributed by atoms with E-state index >= 15 is 0 Å². The van der Waals surface area contributed by atoms with E-state index in [0.29, 0.717) is 29.3 Å². The molecule has 1 saturated carbocycles. The highest BCUT2D eigenvalue weighted by Crippen LogP contribution is 2.39. The highest BCUT2D eigenvalue weighted by Gasteiger charge is 2.40. The predicted molar refractivity (Wildman–Crippen MR) is 135 cm³/mol. The Bertz CT molecular complexity index is 908. The number of nitrogens with zero attached hydrogens (tertiary/aromatic N) is 1. The van der Waals surface area contributed by atoms with Crippen LogP contribution in [0, 0.1) is 0 Å². The molecule has 1 aromatic heterocycles. The molecule has 0 saturated heterocycles. The van der Waals surface area contributed by atoms with Gasteiger partial charge in [0.1, 0.15) is 5.75 Å². The predicted octanol–water partition coefficient (Wildman–Crippen LogP) is 5.44. The van der Waals surface area contributed by atoms with Crippen molar-refractivity contribution >= 4 is 14.2 Å². The van der Waals surface area contributed by atoms with E-state index in [-0.39, 0.29) is 5.04 Å². The molecule has 2 aromatic rings. The minimum atomic E-state index is -1.71. The van der Waals surface area contributed by atoms with Gasteiger partial charge < -0.3 is 20.2 Å². The van der Waals surface area contributed by atoms with Crippen molar-refractivity contribution in [1.82, 2.24) is 10.3 Å². The molecule has 33 heavy (non-hydrogen) atoms. The Morgan fingerprint density at radius 1 is 1.15 bits per heavy atom. The van der Waals surface area contributed by atoms with Crippen molar-refractivity contribution in [2.75, 3.05) is 6.54 Å². The van der Waals surface area contributed by atoms with Gasteiger partial charge in [0, 0.05) is 24.4 Å². The molecule has 0 unspecified atom stereocenters. The molecule has 6 nitrogen and oxygen atoms in total. The summed E-state index contributed by atoms with van der Waals surface area (Å²) in [4.78, 5) is 15.3. The highest BCUT2D eigenvalue weighted by molar-refractivity contribution is 6.74. The fraction of sp³-hybridized carbons (Fsp3) is 0.538. The molecule has 0 radical (unpaired) electrons. The summed E-state index contributed by atoms with van der Waals surface area (Å²) in [6.07, 6.45) is 7.54. The van der Waals surface area contributed by atoms with E-state index in [4.69, 9.17) is 14.9 Å². The minimum absolute atomic E-state index is 0.256. The average Bonchev–Trinajstić information content (AvgIpc) is 2.74. The van der Waals surface area contributed by atoms with Crippen molar-refractivity contribution in [2.45, 2.75) is 83.2 Å². The molecule has 0 bridgehead atoms. The van der Waals surface area contributed by atoms with Crippen LogP contribution >= 0.6 is 0 Å². The number of hydrogen-bond donors (Lipinski definition) is 2. The third kappa shape index (κ3) is 7.38. The number of carbonyl (C=O) groups is 1. The maximum Gasteiger partial charge on any atom is 0.250 e. The molecule has 180 valence electrons. The Morgan fingerprint density at radius 3 is 2.48 bits per heavy atom. The van der Waals surface area contributed by atoms with E-state index in [1.807, 2.05) is 12.1 Å². The van der Waals surface area contributed by atoms with Gasteiger partial charge in [-0.2, -0.15) is 0 Å². The van der Waals surface area contributed by atoms with Gasteiger partial charge in [0.15, 0.2) is 8.32 Å². The van der Waals surface area contributed by atoms with Gasteiger partial charge in [-0.25, -0.2) is 4.98 Å². The number of amides is 1. The lowest BCUT2D eigenvalue weighted by atomic mass is 9.93. The number of ether oxygens (including phenoxy) is 1. The molecule has 1 amide bonds. The molecule has 1 aliphatic carbocycles. The zero-order valence-corrected chi connectivity index (χ0v) is 21.7. The van der Waals surface area contributed by atoms with E-state index in [0.717, 1.165) is 19.4 Å². The average molecular weight is 470 g/mol. The highest BCUT2D eigenvalue weighted by atomic mass is 28.4. The first kappa shape index (κ1) is 25.4. The zero-order chi connectivity index (χ0) is 24.1. The summed E-state index contributed by atoms with van der Waals surface area (Å²) < 4.78 is 12.4. The Labute approximate surface area is 199 Å². The van der Waals surface area contributed by atoms with Crippen LogP contribution in [-0.2, 0) is 10.8 Å². The third-order valence-corrected chi connectivity index (χ3v) is 11.4. The standard InChI is InChI=1S/C26H39N3O3Si/c1-26(2,3)33(4,5)32-23-8-6-7-21(17-23)28-16-15-19-9-12-22(13-10-19)31-24-14-11-20(18-29-24)25(27)30/h9-14,18,21,23,28H,6-8,15-17H2,1-5H3,(H2,27,30)/t21-,23+/m0/s1. The molecule has 2 atom stereocenters. The molecular formula is C26H39N3O3Si. The molecule has 3 rings (SSSR count). The lowest BCUT2D eigenvalue weighted by molar-refractivity contribution is 0.1000. The summed E-state index contributed by atoms with van der Waals surface area (Å²) in [6, 6.07) is 11.8. The maximum absolute atomic E-state index is 11.1. The van der Waals surface area contributed by atoms with Crippen LogP contribution in [-0.4, -0.2) is 37.9 Å². The first-order valence-electron chi connectivity index (χ1n) is 12.0. The van der Waals surface area contributed by atoms with E-state index < -0.39 is 14.2 Å². The Kier molecular flexibility index (Phi) is 8.32. The molecular weight excluding hydrogens is 430 g/mol. The number of nitrogens with two attached hydrogens (primary N) is 1. The summed E-state index contributed by atoms with van der Waals surface area (Å²) in [6.45, 7) is 12.6. The molecule has 0 aliphatic heterocycles. The maximum atomic E-state index is 11.1. The molecule has 1 aliphatic rings. The number of hydrogen-bond acceptors (Lipinski definition) is 5. The number of rotatable bonds is 9. The second kappa shape index (κ2) is 10.8. The van der Waals surface area contributed by atoms with Gasteiger partial charge in [-0.1, -0.05) is 32.9 Å². The molecule has 1 aromatic carbocycles. The normalized spacial score (nSPS) is 19.3. The Balaban J connectivity index is 1.43. The summed E-state index contributed by atoms with van der Waals surface area (Å²) in [7, 11) is -1.71. The Morgan fingerprint density at radius 2 is 1.88 bits per heavy atom. The first-order chi connectivity index (χ1) is 15.5. The zero-order valence-electron chi connectivity index (χ0n) is 20.7. The van der Waals surface area contributed by atoms with Crippen molar-refractivity contribution in [1.29, 1.82) is 0 Å². The molecule has 7 heteroatoms. The van der Waals surface area contributed by atoms with Crippen LogP contribution < -0.4 is 15.8 Å². The van der Waals surface area contributed by atoms with E-state index in [1.165, 1.54) is 31.0 Å². The van der Waals surface area contributed by atoms with E-state index in [2.05, 4.69) is 56.3 Å². The van der Waals surface area contributed by atoms with Crippen LogP contribution in [0.5, 0.6) is 11.6 Å². The van der Waals surface area contributed by atoms with E-state index in [9.17, 15) is 4.79 Å². The van der Waals surface area contributed by atoms with Crippen molar-refractivity contribution in [3.05, 3.63) is 53.7 Å². The number of nitrogens with one attached hydrogen (secondary N) is 1. The van der Waals surface area contributed by atoms with Crippen molar-refractivity contribution in [3.63, 3.8) is 0 Å². The van der Waals surface area contributed by atoms with Crippen LogP contribution in [0.25, 0.3) is 0 Å². The van der Waals surface area contributed by atoms with Crippen LogP contribution in [0.4, 0.5) is 0 Å². The van der Waals surface area contributed by atoms with E-state index in [1.54, 1.807) is 12.1 Å². The molecule has 1 heterocycles. The lowest BCUT2D eigenvalue weighted by Gasteiger charge is -2.41. The quantitative estimate of drug-likeness (QED) is 0.478. The number of primary amides is 1. The number of aromatic nitrogens is 1. The van der Waals surface area contributed by atoms with Crippen LogP contribution in [0.3, 0.4) is 0 Å². The van der Waals surface area contributed by atoms with Gasteiger partial charge in [-0.05, 0) is 80.5 Å². The molecule has 1 fully saturated rings. The first-order valence-corrected chi connectivity index (χ1v) is 14.9. The summed E-state index contributed by atoms with van der Waals surface area (Å²) >= 11 is 0. The van der Waals surface area contributed by atoms with Gasteiger partial charge in [0.25, 0.3) is 0 Å². The van der Waals surface area contributed by atoms with Gasteiger partial charge in [-0.3, -0.25) is 4.79 Å². The monoisotopic (exact) mass is 469 g/mol. The number of pyridine rings is 1. The largest absolute Gasteiger partial charge is 0.439 e. The van der Waals surface area contributed by atoms with Crippen LogP contribution in [0.1, 0.15) is 62.4 Å². The van der Waals surface area contributed by atoms with Crippen LogP contribution in [0.2, 0.25) is 18.1 Å². The van der Waals surface area contributed by atoms with Gasteiger partial charge >= 0.3 is 0 Å². The minimum Gasteiger partial charge on any atom is -0.439 e. The van der Waals surface area contributed by atoms with Crippen molar-refractivity contribution < 1.29 is 14.0 Å². The Hall–Kier alpha value is -2.22. The van der Waals surface area contributed by atoms with Gasteiger partial charge in [-0.15, -0.1) is 0 Å².